The molecule has 2 N–H and O–H groups in total. The normalized spacial score (nSPS) is 14.3. The second kappa shape index (κ2) is 8.95. The van der Waals surface area contributed by atoms with Gasteiger partial charge in [0, 0.05) is 35.8 Å². The Balaban J connectivity index is 1.42. The molecule has 30 heavy (non-hydrogen) atoms. The summed E-state index contributed by atoms with van der Waals surface area (Å²) < 4.78 is 1.65. The quantitative estimate of drug-likeness (QED) is 0.640. The lowest BCUT2D eigenvalue weighted by atomic mass is 9.88. The van der Waals surface area contributed by atoms with Gasteiger partial charge < -0.3 is 10.6 Å². The fourth-order valence-corrected chi connectivity index (χ4v) is 3.84. The van der Waals surface area contributed by atoms with Crippen LogP contribution < -0.4 is 10.6 Å². The van der Waals surface area contributed by atoms with Crippen molar-refractivity contribution in [1.29, 1.82) is 0 Å². The number of nitrogens with zero attached hydrogens (tertiary/aromatic N) is 2. The lowest BCUT2D eigenvalue weighted by molar-refractivity contribution is -0.120. The maximum absolute atomic E-state index is 12.4. The first-order valence-electron chi connectivity index (χ1n) is 10.4. The van der Waals surface area contributed by atoms with Gasteiger partial charge in [0.05, 0.1) is 5.69 Å². The largest absolute Gasteiger partial charge is 0.326 e. The van der Waals surface area contributed by atoms with Crippen molar-refractivity contribution in [1.82, 2.24) is 9.78 Å². The van der Waals surface area contributed by atoms with Crippen LogP contribution >= 0.6 is 0 Å². The Labute approximate surface area is 176 Å². The molecule has 0 aliphatic heterocycles. The van der Waals surface area contributed by atoms with Gasteiger partial charge in [-0.2, -0.15) is 5.10 Å². The number of anilines is 2. The number of hydrogen-bond donors (Lipinski definition) is 2. The Hall–Kier alpha value is -3.41. The van der Waals surface area contributed by atoms with Crippen LogP contribution in [0.4, 0.5) is 11.5 Å². The molecule has 6 heteroatoms. The summed E-state index contributed by atoms with van der Waals surface area (Å²) in [7, 11) is 1.79. The summed E-state index contributed by atoms with van der Waals surface area (Å²) in [6.07, 6.45) is 5.47. The van der Waals surface area contributed by atoms with Crippen molar-refractivity contribution < 1.29 is 9.59 Å². The zero-order valence-corrected chi connectivity index (χ0v) is 17.1. The van der Waals surface area contributed by atoms with E-state index in [9.17, 15) is 9.59 Å². The average Bonchev–Trinajstić information content (AvgIpc) is 3.15. The number of amides is 2. The van der Waals surface area contributed by atoms with Crippen molar-refractivity contribution in [3.63, 3.8) is 0 Å². The lowest BCUT2D eigenvalue weighted by Gasteiger charge is -2.20. The highest BCUT2D eigenvalue weighted by molar-refractivity contribution is 6.04. The monoisotopic (exact) mass is 402 g/mol. The standard InChI is InChI=1S/C24H26N4O2/c1-28-22(26-24(30)19-10-6-3-7-11-19)16-21(27-28)17-12-14-20(15-13-17)25-23(29)18-8-4-2-5-9-18/h3,6-7,10-16,18H,2,4-5,8-9H2,1H3,(H,25,29)(H,26,30). The molecule has 1 aliphatic rings. The van der Waals surface area contributed by atoms with Gasteiger partial charge in [0.2, 0.25) is 5.91 Å². The summed E-state index contributed by atoms with van der Waals surface area (Å²) in [5, 5.41) is 10.4. The number of hydrogen-bond acceptors (Lipinski definition) is 3. The molecule has 1 heterocycles. The number of carbonyl (C=O) groups excluding carboxylic acids is 2. The molecule has 0 atom stereocenters. The lowest BCUT2D eigenvalue weighted by Crippen LogP contribution is -2.24. The van der Waals surface area contributed by atoms with Gasteiger partial charge in [-0.1, -0.05) is 49.6 Å². The summed E-state index contributed by atoms with van der Waals surface area (Å²) in [4.78, 5) is 24.8. The molecule has 1 aliphatic carbocycles. The molecule has 1 saturated carbocycles. The molecule has 1 aromatic heterocycles. The molecule has 1 fully saturated rings. The van der Waals surface area contributed by atoms with Gasteiger partial charge in [0.15, 0.2) is 0 Å². The van der Waals surface area contributed by atoms with Crippen LogP contribution in [0.25, 0.3) is 11.3 Å². The van der Waals surface area contributed by atoms with E-state index in [4.69, 9.17) is 0 Å². The zero-order chi connectivity index (χ0) is 20.9. The van der Waals surface area contributed by atoms with E-state index >= 15 is 0 Å². The van der Waals surface area contributed by atoms with Crippen LogP contribution in [0.1, 0.15) is 42.5 Å². The first-order valence-corrected chi connectivity index (χ1v) is 10.4. The molecule has 0 spiro atoms. The van der Waals surface area contributed by atoms with Crippen LogP contribution in [-0.4, -0.2) is 21.6 Å². The molecule has 2 aromatic carbocycles. The molecule has 0 radical (unpaired) electrons. The van der Waals surface area contributed by atoms with Gasteiger partial charge in [-0.3, -0.25) is 14.3 Å². The van der Waals surface area contributed by atoms with E-state index in [1.165, 1.54) is 6.42 Å². The number of aromatic nitrogens is 2. The third-order valence-corrected chi connectivity index (χ3v) is 5.58. The third-order valence-electron chi connectivity index (χ3n) is 5.58. The van der Waals surface area contributed by atoms with Crippen molar-refractivity contribution in [3.05, 3.63) is 66.2 Å². The number of aryl methyl sites for hydroxylation is 1. The Morgan fingerprint density at radius 1 is 0.933 bits per heavy atom. The van der Waals surface area contributed by atoms with E-state index in [1.807, 2.05) is 48.5 Å². The van der Waals surface area contributed by atoms with Crippen molar-refractivity contribution >= 4 is 23.3 Å². The van der Waals surface area contributed by atoms with Crippen LogP contribution in [0.3, 0.4) is 0 Å². The highest BCUT2D eigenvalue weighted by Gasteiger charge is 2.21. The number of carbonyl (C=O) groups is 2. The van der Waals surface area contributed by atoms with Crippen LogP contribution in [0.2, 0.25) is 0 Å². The SMILES string of the molecule is Cn1nc(-c2ccc(NC(=O)C3CCCCC3)cc2)cc1NC(=O)c1ccccc1. The Kier molecular flexibility index (Phi) is 5.93. The molecule has 0 bridgehead atoms. The van der Waals surface area contributed by atoms with Gasteiger partial charge in [-0.15, -0.1) is 0 Å². The smallest absolute Gasteiger partial charge is 0.256 e. The number of benzene rings is 2. The van der Waals surface area contributed by atoms with Gasteiger partial charge >= 0.3 is 0 Å². The summed E-state index contributed by atoms with van der Waals surface area (Å²) in [5.41, 5.74) is 3.06. The van der Waals surface area contributed by atoms with Crippen LogP contribution in [-0.2, 0) is 11.8 Å². The molecule has 6 nitrogen and oxygen atoms in total. The first kappa shape index (κ1) is 19.9. The van der Waals surface area contributed by atoms with Gasteiger partial charge in [0.25, 0.3) is 5.91 Å². The van der Waals surface area contributed by atoms with Crippen LogP contribution in [0.5, 0.6) is 0 Å². The molecular formula is C24H26N4O2. The molecule has 3 aromatic rings. The Morgan fingerprint density at radius 2 is 1.63 bits per heavy atom. The number of nitrogens with one attached hydrogen (secondary N) is 2. The first-order chi connectivity index (χ1) is 14.6. The molecule has 0 unspecified atom stereocenters. The summed E-state index contributed by atoms with van der Waals surface area (Å²) in [6, 6.07) is 18.6. The van der Waals surface area contributed by atoms with Crippen molar-refractivity contribution in [2.75, 3.05) is 10.6 Å². The fraction of sp³-hybridized carbons (Fsp3) is 0.292. The van der Waals surface area contributed by atoms with E-state index in [2.05, 4.69) is 15.7 Å². The summed E-state index contributed by atoms with van der Waals surface area (Å²) in [5.74, 6) is 0.690. The Bertz CT molecular complexity index is 1020. The van der Waals surface area contributed by atoms with Crippen LogP contribution in [0, 0.1) is 5.92 Å². The third kappa shape index (κ3) is 4.59. The van der Waals surface area contributed by atoms with E-state index in [1.54, 1.807) is 23.9 Å². The van der Waals surface area contributed by atoms with E-state index in [0.29, 0.717) is 11.4 Å². The van der Waals surface area contributed by atoms with E-state index in [-0.39, 0.29) is 17.7 Å². The van der Waals surface area contributed by atoms with Crippen molar-refractivity contribution in [3.8, 4) is 11.3 Å². The summed E-state index contributed by atoms with van der Waals surface area (Å²) in [6.45, 7) is 0. The van der Waals surface area contributed by atoms with E-state index in [0.717, 1.165) is 42.6 Å². The second-order valence-electron chi connectivity index (χ2n) is 7.76. The van der Waals surface area contributed by atoms with Crippen molar-refractivity contribution in [2.24, 2.45) is 13.0 Å². The van der Waals surface area contributed by atoms with Crippen molar-refractivity contribution in [2.45, 2.75) is 32.1 Å². The summed E-state index contributed by atoms with van der Waals surface area (Å²) >= 11 is 0. The highest BCUT2D eigenvalue weighted by Crippen LogP contribution is 2.26. The minimum absolute atomic E-state index is 0.117. The molecule has 0 saturated heterocycles. The fourth-order valence-electron chi connectivity index (χ4n) is 3.84. The molecule has 2 amide bonds. The second-order valence-corrected chi connectivity index (χ2v) is 7.76. The van der Waals surface area contributed by atoms with E-state index < -0.39 is 0 Å². The minimum atomic E-state index is -0.175. The van der Waals surface area contributed by atoms with Crippen LogP contribution in [0.15, 0.2) is 60.7 Å². The predicted octanol–water partition coefficient (Wildman–Crippen LogP) is 4.86. The molecule has 4 rings (SSSR count). The zero-order valence-electron chi connectivity index (χ0n) is 17.1. The van der Waals surface area contributed by atoms with Gasteiger partial charge in [-0.05, 0) is 37.1 Å². The average molecular weight is 402 g/mol. The molecule has 154 valence electrons. The minimum Gasteiger partial charge on any atom is -0.326 e. The maximum Gasteiger partial charge on any atom is 0.256 e. The molecular weight excluding hydrogens is 376 g/mol. The van der Waals surface area contributed by atoms with Gasteiger partial charge in [0.1, 0.15) is 5.82 Å². The highest BCUT2D eigenvalue weighted by atomic mass is 16.2. The predicted molar refractivity (Wildman–Crippen MR) is 118 cm³/mol. The topological polar surface area (TPSA) is 76.0 Å². The maximum atomic E-state index is 12.4. The Morgan fingerprint density at radius 3 is 2.33 bits per heavy atom. The number of rotatable bonds is 5. The van der Waals surface area contributed by atoms with Gasteiger partial charge in [-0.25, -0.2) is 0 Å².